The summed E-state index contributed by atoms with van der Waals surface area (Å²) in [7, 11) is 0. The van der Waals surface area contributed by atoms with Crippen molar-refractivity contribution >= 4 is 28.6 Å². The number of carbonyl (C=O) groups is 2. The number of hydrogen-bond acceptors (Lipinski definition) is 4. The van der Waals surface area contributed by atoms with E-state index in [-0.39, 0.29) is 6.61 Å². The zero-order valence-corrected chi connectivity index (χ0v) is 16.7. The van der Waals surface area contributed by atoms with Crippen molar-refractivity contribution in [2.75, 3.05) is 11.9 Å². The molecule has 150 valence electrons. The molecule has 0 radical (unpaired) electrons. The SMILES string of the molecule is Cc1ccc(-c2nc3ccc(C(=O)OCC(=O)Nc4cccc(C)c4)cc3[nH]2)cc1. The van der Waals surface area contributed by atoms with Crippen LogP contribution in [-0.2, 0) is 9.53 Å². The Morgan fingerprint density at radius 2 is 1.77 bits per heavy atom. The van der Waals surface area contributed by atoms with Crippen LogP contribution in [0.5, 0.6) is 0 Å². The topological polar surface area (TPSA) is 84.1 Å². The second-order valence-electron chi connectivity index (χ2n) is 7.18. The lowest BCUT2D eigenvalue weighted by atomic mass is 10.1. The van der Waals surface area contributed by atoms with Gasteiger partial charge in [0.15, 0.2) is 6.61 Å². The molecule has 0 aliphatic heterocycles. The molecule has 4 aromatic rings. The third-order valence-corrected chi connectivity index (χ3v) is 4.68. The first kappa shape index (κ1) is 19.4. The third kappa shape index (κ3) is 4.38. The van der Waals surface area contributed by atoms with Crippen molar-refractivity contribution in [2.45, 2.75) is 13.8 Å². The van der Waals surface area contributed by atoms with E-state index in [1.54, 1.807) is 24.3 Å². The fourth-order valence-corrected chi connectivity index (χ4v) is 3.12. The van der Waals surface area contributed by atoms with Gasteiger partial charge in [-0.05, 0) is 49.7 Å². The number of benzene rings is 3. The molecule has 0 aliphatic rings. The highest BCUT2D eigenvalue weighted by molar-refractivity contribution is 5.97. The van der Waals surface area contributed by atoms with E-state index in [1.165, 1.54) is 5.56 Å². The van der Waals surface area contributed by atoms with Gasteiger partial charge in [-0.15, -0.1) is 0 Å². The van der Waals surface area contributed by atoms with Crippen LogP contribution < -0.4 is 5.32 Å². The maximum atomic E-state index is 12.4. The number of fused-ring (bicyclic) bond motifs is 1. The van der Waals surface area contributed by atoms with Gasteiger partial charge >= 0.3 is 5.97 Å². The molecule has 6 nitrogen and oxygen atoms in total. The van der Waals surface area contributed by atoms with Gasteiger partial charge in [-0.25, -0.2) is 9.78 Å². The first-order valence-electron chi connectivity index (χ1n) is 9.58. The highest BCUT2D eigenvalue weighted by Crippen LogP contribution is 2.22. The molecule has 30 heavy (non-hydrogen) atoms. The normalized spacial score (nSPS) is 10.7. The van der Waals surface area contributed by atoms with Gasteiger partial charge in [-0.1, -0.05) is 42.0 Å². The summed E-state index contributed by atoms with van der Waals surface area (Å²) < 4.78 is 5.16. The summed E-state index contributed by atoms with van der Waals surface area (Å²) in [6.45, 7) is 3.61. The second kappa shape index (κ2) is 8.21. The minimum Gasteiger partial charge on any atom is -0.452 e. The van der Waals surface area contributed by atoms with Gasteiger partial charge in [-0.3, -0.25) is 4.79 Å². The van der Waals surface area contributed by atoms with E-state index in [2.05, 4.69) is 15.3 Å². The summed E-state index contributed by atoms with van der Waals surface area (Å²) in [6, 6.07) is 20.5. The van der Waals surface area contributed by atoms with E-state index < -0.39 is 11.9 Å². The largest absolute Gasteiger partial charge is 0.452 e. The Labute approximate surface area is 173 Å². The van der Waals surface area contributed by atoms with Gasteiger partial charge in [-0.2, -0.15) is 0 Å². The number of aryl methyl sites for hydroxylation is 2. The number of nitrogens with zero attached hydrogens (tertiary/aromatic N) is 1. The Morgan fingerprint density at radius 3 is 2.53 bits per heavy atom. The van der Waals surface area contributed by atoms with Crippen LogP contribution in [0.3, 0.4) is 0 Å². The number of aromatic amines is 1. The molecule has 6 heteroatoms. The van der Waals surface area contributed by atoms with Crippen LogP contribution in [0.4, 0.5) is 5.69 Å². The third-order valence-electron chi connectivity index (χ3n) is 4.68. The number of ether oxygens (including phenoxy) is 1. The molecule has 0 saturated carbocycles. The minimum atomic E-state index is -0.567. The molecule has 0 aliphatic carbocycles. The first-order chi connectivity index (χ1) is 14.5. The highest BCUT2D eigenvalue weighted by atomic mass is 16.5. The number of amides is 1. The smallest absolute Gasteiger partial charge is 0.338 e. The van der Waals surface area contributed by atoms with Gasteiger partial charge in [0.1, 0.15) is 5.82 Å². The number of rotatable bonds is 5. The van der Waals surface area contributed by atoms with Gasteiger partial charge in [0.05, 0.1) is 16.6 Å². The van der Waals surface area contributed by atoms with Crippen molar-refractivity contribution in [2.24, 2.45) is 0 Å². The molecule has 0 saturated heterocycles. The van der Waals surface area contributed by atoms with Crippen molar-refractivity contribution in [1.82, 2.24) is 9.97 Å². The lowest BCUT2D eigenvalue weighted by Crippen LogP contribution is -2.20. The Kier molecular flexibility index (Phi) is 5.30. The second-order valence-corrected chi connectivity index (χ2v) is 7.18. The Hall–Kier alpha value is -3.93. The molecular weight excluding hydrogens is 378 g/mol. The van der Waals surface area contributed by atoms with Crippen molar-refractivity contribution in [3.05, 3.63) is 83.4 Å². The van der Waals surface area contributed by atoms with E-state index in [0.29, 0.717) is 11.3 Å². The van der Waals surface area contributed by atoms with E-state index in [1.807, 2.05) is 56.3 Å². The molecule has 0 spiro atoms. The fraction of sp³-hybridized carbons (Fsp3) is 0.125. The zero-order valence-electron chi connectivity index (χ0n) is 16.7. The number of esters is 1. The van der Waals surface area contributed by atoms with Crippen molar-refractivity contribution in [1.29, 1.82) is 0 Å². The summed E-state index contributed by atoms with van der Waals surface area (Å²) in [5.74, 6) is -0.228. The number of anilines is 1. The van der Waals surface area contributed by atoms with Gasteiger partial charge in [0.2, 0.25) is 0 Å². The lowest BCUT2D eigenvalue weighted by molar-refractivity contribution is -0.119. The van der Waals surface area contributed by atoms with Crippen molar-refractivity contribution in [3.63, 3.8) is 0 Å². The molecular formula is C24H21N3O3. The van der Waals surface area contributed by atoms with Gasteiger partial charge < -0.3 is 15.0 Å². The number of carbonyl (C=O) groups excluding carboxylic acids is 2. The van der Waals surface area contributed by atoms with Crippen LogP contribution in [0.2, 0.25) is 0 Å². The molecule has 0 fully saturated rings. The van der Waals surface area contributed by atoms with E-state index in [4.69, 9.17) is 4.74 Å². The number of hydrogen-bond donors (Lipinski definition) is 2. The van der Waals surface area contributed by atoms with Crippen molar-refractivity contribution < 1.29 is 14.3 Å². The van der Waals surface area contributed by atoms with Crippen LogP contribution in [0.1, 0.15) is 21.5 Å². The van der Waals surface area contributed by atoms with Crippen LogP contribution in [0.25, 0.3) is 22.4 Å². The van der Waals surface area contributed by atoms with Gasteiger partial charge in [0.25, 0.3) is 5.91 Å². The predicted octanol–water partition coefficient (Wildman–Crippen LogP) is 4.64. The average molecular weight is 399 g/mol. The van der Waals surface area contributed by atoms with E-state index in [9.17, 15) is 9.59 Å². The molecule has 3 aromatic carbocycles. The molecule has 2 N–H and O–H groups in total. The van der Waals surface area contributed by atoms with Crippen LogP contribution >= 0.6 is 0 Å². The number of aromatic nitrogens is 2. The predicted molar refractivity (Wildman–Crippen MR) is 116 cm³/mol. The monoisotopic (exact) mass is 399 g/mol. The number of H-pyrrole nitrogens is 1. The minimum absolute atomic E-state index is 0.352. The van der Waals surface area contributed by atoms with Gasteiger partial charge in [0, 0.05) is 11.3 Å². The lowest BCUT2D eigenvalue weighted by Gasteiger charge is -2.07. The summed E-state index contributed by atoms with van der Waals surface area (Å²) in [5, 5.41) is 2.71. The highest BCUT2D eigenvalue weighted by Gasteiger charge is 2.13. The Balaban J connectivity index is 1.43. The standard InChI is InChI=1S/C24H21N3O3/c1-15-6-8-17(9-7-15)23-26-20-11-10-18(13-21(20)27-23)24(29)30-14-22(28)25-19-5-3-4-16(2)12-19/h3-13H,14H2,1-2H3,(H,25,28)(H,26,27). The Bertz CT molecular complexity index is 1230. The van der Waals surface area contributed by atoms with Crippen molar-refractivity contribution in [3.8, 4) is 11.4 Å². The fourth-order valence-electron chi connectivity index (χ4n) is 3.12. The van der Waals surface area contributed by atoms with Crippen LogP contribution in [-0.4, -0.2) is 28.5 Å². The molecule has 0 unspecified atom stereocenters. The summed E-state index contributed by atoms with van der Waals surface area (Å²) in [4.78, 5) is 32.2. The first-order valence-corrected chi connectivity index (χ1v) is 9.58. The van der Waals surface area contributed by atoms with Crippen LogP contribution in [0.15, 0.2) is 66.7 Å². The number of imidazole rings is 1. The Morgan fingerprint density at radius 1 is 0.967 bits per heavy atom. The molecule has 0 atom stereocenters. The molecule has 1 amide bonds. The summed E-state index contributed by atoms with van der Waals surface area (Å²) in [5.41, 5.74) is 5.66. The molecule has 1 aromatic heterocycles. The zero-order chi connectivity index (χ0) is 21.1. The quantitative estimate of drug-likeness (QED) is 0.479. The van der Waals surface area contributed by atoms with E-state index >= 15 is 0 Å². The average Bonchev–Trinajstić information content (AvgIpc) is 3.16. The van der Waals surface area contributed by atoms with Crippen LogP contribution in [0, 0.1) is 13.8 Å². The molecule has 0 bridgehead atoms. The number of nitrogens with one attached hydrogen (secondary N) is 2. The maximum absolute atomic E-state index is 12.4. The maximum Gasteiger partial charge on any atom is 0.338 e. The summed E-state index contributed by atoms with van der Waals surface area (Å²) in [6.07, 6.45) is 0. The van der Waals surface area contributed by atoms with E-state index in [0.717, 1.165) is 28.0 Å². The molecule has 4 rings (SSSR count). The summed E-state index contributed by atoms with van der Waals surface area (Å²) >= 11 is 0. The molecule has 1 heterocycles.